The van der Waals surface area contributed by atoms with Crippen LogP contribution in [0.1, 0.15) is 29.0 Å². The van der Waals surface area contributed by atoms with Crippen molar-refractivity contribution in [2.75, 3.05) is 0 Å². The summed E-state index contributed by atoms with van der Waals surface area (Å²) in [7, 11) is 0. The number of nitrogens with one attached hydrogen (secondary N) is 2. The Balaban J connectivity index is 0.987. The van der Waals surface area contributed by atoms with E-state index in [1.54, 1.807) is 0 Å². The van der Waals surface area contributed by atoms with Crippen LogP contribution in [-0.4, -0.2) is 5.84 Å². The molecule has 296 valence electrons. The first-order valence-electron chi connectivity index (χ1n) is 21.7. The lowest BCUT2D eigenvalue weighted by Gasteiger charge is -2.33. The van der Waals surface area contributed by atoms with Gasteiger partial charge in [-0.1, -0.05) is 182 Å². The molecule has 4 nitrogen and oxygen atoms in total. The molecule has 0 fully saturated rings. The molecule has 0 saturated heterocycles. The Bertz CT molecular complexity index is 3830. The minimum atomic E-state index is -0.361. The first kappa shape index (κ1) is 35.7. The number of furan rings is 1. The summed E-state index contributed by atoms with van der Waals surface area (Å²) in [4.78, 5) is 5.61. The third-order valence-corrected chi connectivity index (χ3v) is 13.1. The summed E-state index contributed by atoms with van der Waals surface area (Å²) in [6.07, 6.45) is -0.595. The molecular weight excluding hydrogens is 767 g/mol. The smallest absolute Gasteiger partial charge is 0.136 e. The zero-order valence-corrected chi connectivity index (χ0v) is 34.2. The van der Waals surface area contributed by atoms with Gasteiger partial charge in [0, 0.05) is 16.3 Å². The van der Waals surface area contributed by atoms with Crippen molar-refractivity contribution in [2.45, 2.75) is 12.3 Å². The van der Waals surface area contributed by atoms with Gasteiger partial charge in [-0.3, -0.25) is 5.32 Å². The Morgan fingerprint density at radius 1 is 0.381 bits per heavy atom. The molecule has 1 aliphatic heterocycles. The lowest BCUT2D eigenvalue weighted by Crippen LogP contribution is -2.45. The van der Waals surface area contributed by atoms with E-state index in [9.17, 15) is 0 Å². The van der Waals surface area contributed by atoms with E-state index >= 15 is 0 Å². The van der Waals surface area contributed by atoms with Gasteiger partial charge in [0.2, 0.25) is 0 Å². The third-order valence-electron chi connectivity index (χ3n) is 13.1. The lowest BCUT2D eigenvalue weighted by molar-refractivity contribution is 0.411. The highest BCUT2D eigenvalue weighted by molar-refractivity contribution is 6.19. The highest BCUT2D eigenvalue weighted by atomic mass is 16.3. The third kappa shape index (κ3) is 5.84. The van der Waals surface area contributed by atoms with Gasteiger partial charge in [0.1, 0.15) is 29.3 Å². The topological polar surface area (TPSA) is 49.6 Å². The van der Waals surface area contributed by atoms with Gasteiger partial charge in [0.15, 0.2) is 0 Å². The van der Waals surface area contributed by atoms with Gasteiger partial charge < -0.3 is 9.73 Å². The van der Waals surface area contributed by atoms with Crippen molar-refractivity contribution in [3.05, 3.63) is 229 Å². The molecule has 2 unspecified atom stereocenters. The summed E-state index contributed by atoms with van der Waals surface area (Å²) in [5.41, 5.74) is 9.73. The second kappa shape index (κ2) is 14.3. The van der Waals surface area contributed by atoms with E-state index in [1.165, 1.54) is 54.0 Å². The van der Waals surface area contributed by atoms with E-state index in [0.717, 1.165) is 66.5 Å². The number of aliphatic imine (C=N–C) groups is 1. The summed E-state index contributed by atoms with van der Waals surface area (Å²) in [5, 5.41) is 22.2. The Hall–Kier alpha value is -8.05. The number of rotatable bonds is 5. The lowest BCUT2D eigenvalue weighted by atomic mass is 9.91. The average Bonchev–Trinajstić information content (AvgIpc) is 3.74. The summed E-state index contributed by atoms with van der Waals surface area (Å²) in [5.74, 6) is 0.862. The van der Waals surface area contributed by atoms with Crippen LogP contribution in [0.4, 0.5) is 0 Å². The Morgan fingerprint density at radius 3 is 1.90 bits per heavy atom. The van der Waals surface area contributed by atoms with Gasteiger partial charge in [-0.2, -0.15) is 0 Å². The molecule has 4 heteroatoms. The number of amidine groups is 1. The van der Waals surface area contributed by atoms with E-state index < -0.39 is 0 Å². The highest BCUT2D eigenvalue weighted by Crippen LogP contribution is 2.42. The van der Waals surface area contributed by atoms with Crippen LogP contribution in [0.2, 0.25) is 0 Å². The van der Waals surface area contributed by atoms with Crippen molar-refractivity contribution in [1.82, 2.24) is 10.6 Å². The van der Waals surface area contributed by atoms with Crippen LogP contribution in [0.3, 0.4) is 0 Å². The van der Waals surface area contributed by atoms with Gasteiger partial charge >= 0.3 is 0 Å². The van der Waals surface area contributed by atoms with Gasteiger partial charge in [-0.05, 0) is 118 Å². The molecule has 0 spiro atoms. The molecule has 0 amide bonds. The fourth-order valence-electron chi connectivity index (χ4n) is 10.1. The maximum atomic E-state index is 6.59. The molecule has 1 aliphatic rings. The molecule has 2 N–H and O–H groups in total. The second-order valence-electron chi connectivity index (χ2n) is 16.7. The van der Waals surface area contributed by atoms with E-state index in [4.69, 9.17) is 9.41 Å². The Kier molecular flexibility index (Phi) is 8.08. The van der Waals surface area contributed by atoms with Gasteiger partial charge in [-0.15, -0.1) is 0 Å². The standard InChI is InChI=1S/C59H39N3O/c1-2-13-36(14-3-1)39-31-32-51-55(35-39)63-54-26-12-24-49(56(51)54)46-22-10-23-47-45(46)21-11-25-50(47)58-60-57(41-30-29-38-28-27-37-15-4-6-17-42(37)52(38)34-41)61-59(62-58)53-33-40-16-5-7-18-43(40)44-19-8-9-20-48(44)53/h1-35,57-58,60H,(H,61,62). The molecule has 0 bridgehead atoms. The van der Waals surface area contributed by atoms with E-state index in [-0.39, 0.29) is 12.3 Å². The van der Waals surface area contributed by atoms with Crippen molar-refractivity contribution in [3.63, 3.8) is 0 Å². The fourth-order valence-corrected chi connectivity index (χ4v) is 10.1. The first-order valence-corrected chi connectivity index (χ1v) is 21.7. The summed E-state index contributed by atoms with van der Waals surface area (Å²) < 4.78 is 6.59. The maximum Gasteiger partial charge on any atom is 0.136 e. The van der Waals surface area contributed by atoms with Crippen molar-refractivity contribution in [3.8, 4) is 22.3 Å². The maximum absolute atomic E-state index is 6.59. The van der Waals surface area contributed by atoms with Crippen LogP contribution >= 0.6 is 0 Å². The zero-order chi connectivity index (χ0) is 41.4. The fraction of sp³-hybridized carbons (Fsp3) is 0.0339. The predicted octanol–water partition coefficient (Wildman–Crippen LogP) is 15.0. The molecule has 0 aliphatic carbocycles. The van der Waals surface area contributed by atoms with Crippen molar-refractivity contribution < 1.29 is 4.42 Å². The zero-order valence-electron chi connectivity index (χ0n) is 34.2. The van der Waals surface area contributed by atoms with E-state index in [2.05, 4.69) is 223 Å². The Morgan fingerprint density at radius 2 is 1.03 bits per heavy atom. The van der Waals surface area contributed by atoms with Crippen LogP contribution in [0, 0.1) is 0 Å². The number of benzene rings is 11. The first-order chi connectivity index (χ1) is 31.2. The van der Waals surface area contributed by atoms with Gasteiger partial charge in [0.05, 0.1) is 0 Å². The molecule has 13 rings (SSSR count). The van der Waals surface area contributed by atoms with Crippen molar-refractivity contribution in [2.24, 2.45) is 4.99 Å². The SMILES string of the molecule is c1ccc(-c2ccc3c(c2)oc2cccc(-c4cccc5c(C6N=C(c7cc8ccccc8c8ccccc78)NC(c7ccc8ccc9ccccc9c8c7)N6)cccc45)c23)cc1. The predicted molar refractivity (Wildman–Crippen MR) is 263 cm³/mol. The number of hydrogen-bond acceptors (Lipinski definition) is 4. The van der Waals surface area contributed by atoms with Crippen LogP contribution in [0.15, 0.2) is 222 Å². The minimum absolute atomic E-state index is 0.235. The van der Waals surface area contributed by atoms with Crippen LogP contribution < -0.4 is 10.6 Å². The summed E-state index contributed by atoms with van der Waals surface area (Å²) in [6, 6.07) is 76.4. The van der Waals surface area contributed by atoms with Crippen LogP contribution in [0.25, 0.3) is 98.1 Å². The molecule has 2 atom stereocenters. The quantitative estimate of drug-likeness (QED) is 0.170. The molecule has 11 aromatic carbocycles. The number of hydrogen-bond donors (Lipinski definition) is 2. The largest absolute Gasteiger partial charge is 0.456 e. The molecule has 63 heavy (non-hydrogen) atoms. The second-order valence-corrected chi connectivity index (χ2v) is 16.7. The van der Waals surface area contributed by atoms with Crippen molar-refractivity contribution in [1.29, 1.82) is 0 Å². The van der Waals surface area contributed by atoms with Crippen LogP contribution in [0.5, 0.6) is 0 Å². The average molecular weight is 806 g/mol. The summed E-state index contributed by atoms with van der Waals surface area (Å²) in [6.45, 7) is 0. The highest BCUT2D eigenvalue weighted by Gasteiger charge is 2.28. The van der Waals surface area contributed by atoms with Gasteiger partial charge in [0.25, 0.3) is 0 Å². The van der Waals surface area contributed by atoms with E-state index in [1.807, 2.05) is 0 Å². The summed E-state index contributed by atoms with van der Waals surface area (Å²) >= 11 is 0. The minimum Gasteiger partial charge on any atom is -0.456 e. The molecule has 2 heterocycles. The number of nitrogens with zero attached hydrogens (tertiary/aromatic N) is 1. The molecule has 0 radical (unpaired) electrons. The normalized spacial score (nSPS) is 15.5. The van der Waals surface area contributed by atoms with E-state index in [0.29, 0.717) is 0 Å². The molecule has 1 aromatic heterocycles. The molecule has 0 saturated carbocycles. The number of fused-ring (bicyclic) bond motifs is 10. The monoisotopic (exact) mass is 805 g/mol. The Labute approximate surface area is 363 Å². The van der Waals surface area contributed by atoms with Crippen molar-refractivity contribution >= 4 is 81.6 Å². The van der Waals surface area contributed by atoms with Gasteiger partial charge in [-0.25, -0.2) is 4.99 Å². The van der Waals surface area contributed by atoms with Crippen LogP contribution in [-0.2, 0) is 0 Å². The molecule has 12 aromatic rings. The molecular formula is C59H39N3O.